The van der Waals surface area contributed by atoms with Crippen molar-refractivity contribution in [3.05, 3.63) is 28.5 Å². The van der Waals surface area contributed by atoms with E-state index in [4.69, 9.17) is 0 Å². The second-order valence-corrected chi connectivity index (χ2v) is 2.93. The molecule has 4 heteroatoms. The van der Waals surface area contributed by atoms with E-state index in [0.29, 0.717) is 5.69 Å². The van der Waals surface area contributed by atoms with Crippen molar-refractivity contribution in [2.75, 3.05) is 0 Å². The van der Waals surface area contributed by atoms with Gasteiger partial charge in [-0.25, -0.2) is 0 Å². The van der Waals surface area contributed by atoms with Crippen LogP contribution < -0.4 is 5.11 Å². The van der Waals surface area contributed by atoms with Gasteiger partial charge in [0.05, 0.1) is 0 Å². The lowest BCUT2D eigenvalue weighted by molar-refractivity contribution is -0.304. The van der Waals surface area contributed by atoms with Gasteiger partial charge in [0, 0.05) is 28.8 Å². The fraction of sp³-hybridized carbons (Fsp3) is 0.143. The van der Waals surface area contributed by atoms with Crippen molar-refractivity contribution in [1.82, 2.24) is 4.98 Å². The largest absolute Gasteiger partial charge is 0.550 e. The molecule has 0 N–H and O–H groups in total. The molecule has 1 aromatic heterocycles. The maximum absolute atomic E-state index is 10.1. The predicted molar refractivity (Wildman–Crippen MR) is 40.6 cm³/mol. The number of carbonyl (C=O) groups excluding carboxylic acids is 1. The Hall–Kier alpha value is -0.900. The first-order valence-corrected chi connectivity index (χ1v) is 3.78. The second-order valence-electron chi connectivity index (χ2n) is 2.02. The van der Waals surface area contributed by atoms with E-state index in [2.05, 4.69) is 20.9 Å². The van der Waals surface area contributed by atoms with Gasteiger partial charge in [-0.15, -0.1) is 0 Å². The van der Waals surface area contributed by atoms with E-state index < -0.39 is 5.97 Å². The monoisotopic (exact) mass is 214 g/mol. The number of rotatable bonds is 2. The van der Waals surface area contributed by atoms with E-state index in [0.717, 1.165) is 4.47 Å². The number of carboxylic acids is 1. The molecule has 58 valence electrons. The maximum atomic E-state index is 10.1. The average Bonchev–Trinajstić information content (AvgIpc) is 1.93. The molecule has 0 aliphatic carbocycles. The van der Waals surface area contributed by atoms with Gasteiger partial charge in [0.25, 0.3) is 0 Å². The summed E-state index contributed by atoms with van der Waals surface area (Å²) in [5.41, 5.74) is 0.508. The van der Waals surface area contributed by atoms with Crippen LogP contribution in [0.25, 0.3) is 0 Å². The SMILES string of the molecule is O=C([O-])Cc1ccc(Br)cn1. The van der Waals surface area contributed by atoms with Crippen molar-refractivity contribution < 1.29 is 9.90 Å². The van der Waals surface area contributed by atoms with Gasteiger partial charge < -0.3 is 9.90 Å². The minimum Gasteiger partial charge on any atom is -0.550 e. The standard InChI is InChI=1S/C7H6BrNO2/c8-5-1-2-6(9-4-5)3-7(10)11/h1-2,4H,3H2,(H,10,11)/p-1. The van der Waals surface area contributed by atoms with Crippen LogP contribution in [0.3, 0.4) is 0 Å². The van der Waals surface area contributed by atoms with Crippen LogP contribution in [0.1, 0.15) is 5.69 Å². The third kappa shape index (κ3) is 2.67. The summed E-state index contributed by atoms with van der Waals surface area (Å²) in [5.74, 6) is -1.11. The topological polar surface area (TPSA) is 53.0 Å². The maximum Gasteiger partial charge on any atom is 0.0473 e. The number of pyridine rings is 1. The molecule has 0 amide bonds. The molecule has 0 atom stereocenters. The minimum atomic E-state index is -1.11. The van der Waals surface area contributed by atoms with Crippen LogP contribution in [0.5, 0.6) is 0 Å². The Labute approximate surface area is 72.2 Å². The first-order chi connectivity index (χ1) is 5.18. The van der Waals surface area contributed by atoms with E-state index in [9.17, 15) is 9.90 Å². The van der Waals surface area contributed by atoms with Gasteiger partial charge >= 0.3 is 0 Å². The van der Waals surface area contributed by atoms with Gasteiger partial charge in [0.15, 0.2) is 0 Å². The molecule has 0 saturated carbocycles. The average molecular weight is 215 g/mol. The van der Waals surface area contributed by atoms with Crippen LogP contribution in [0.15, 0.2) is 22.8 Å². The van der Waals surface area contributed by atoms with Gasteiger partial charge in [-0.3, -0.25) is 4.98 Å². The smallest absolute Gasteiger partial charge is 0.0473 e. The first-order valence-electron chi connectivity index (χ1n) is 2.99. The van der Waals surface area contributed by atoms with Gasteiger partial charge in [0.1, 0.15) is 0 Å². The highest BCUT2D eigenvalue weighted by molar-refractivity contribution is 9.10. The quantitative estimate of drug-likeness (QED) is 0.704. The Morgan fingerprint density at radius 2 is 2.36 bits per heavy atom. The van der Waals surface area contributed by atoms with Crippen LogP contribution in [-0.2, 0) is 11.2 Å². The van der Waals surface area contributed by atoms with Crippen molar-refractivity contribution in [1.29, 1.82) is 0 Å². The molecule has 0 radical (unpaired) electrons. The van der Waals surface area contributed by atoms with E-state index >= 15 is 0 Å². The van der Waals surface area contributed by atoms with Crippen molar-refractivity contribution in [3.8, 4) is 0 Å². The molecule has 0 aliphatic heterocycles. The minimum absolute atomic E-state index is 0.132. The summed E-state index contributed by atoms with van der Waals surface area (Å²) in [7, 11) is 0. The Morgan fingerprint density at radius 3 is 2.82 bits per heavy atom. The molecule has 0 bridgehead atoms. The fourth-order valence-electron chi connectivity index (χ4n) is 0.659. The molecule has 0 aliphatic rings. The molecule has 0 spiro atoms. The summed E-state index contributed by atoms with van der Waals surface area (Å²) < 4.78 is 0.833. The molecule has 11 heavy (non-hydrogen) atoms. The zero-order valence-electron chi connectivity index (χ0n) is 5.58. The highest BCUT2D eigenvalue weighted by Gasteiger charge is 1.93. The number of nitrogens with zero attached hydrogens (tertiary/aromatic N) is 1. The van der Waals surface area contributed by atoms with Gasteiger partial charge in [-0.1, -0.05) is 0 Å². The predicted octanol–water partition coefficient (Wildman–Crippen LogP) is 0.136. The Kier molecular flexibility index (Phi) is 2.59. The zero-order chi connectivity index (χ0) is 8.27. The van der Waals surface area contributed by atoms with Gasteiger partial charge in [-0.2, -0.15) is 0 Å². The van der Waals surface area contributed by atoms with E-state index in [1.807, 2.05) is 0 Å². The summed E-state index contributed by atoms with van der Waals surface area (Å²) in [5, 5.41) is 10.1. The summed E-state index contributed by atoms with van der Waals surface area (Å²) >= 11 is 3.19. The summed E-state index contributed by atoms with van der Waals surface area (Å²) in [4.78, 5) is 13.9. The number of carboxylic acid groups (broad SMARTS) is 1. The van der Waals surface area contributed by atoms with Gasteiger partial charge in [0.2, 0.25) is 0 Å². The van der Waals surface area contributed by atoms with Crippen molar-refractivity contribution in [3.63, 3.8) is 0 Å². The van der Waals surface area contributed by atoms with Crippen molar-refractivity contribution in [2.24, 2.45) is 0 Å². The number of aliphatic carboxylic acids is 1. The third-order valence-electron chi connectivity index (χ3n) is 1.11. The lowest BCUT2D eigenvalue weighted by Crippen LogP contribution is -2.24. The van der Waals surface area contributed by atoms with Crippen LogP contribution >= 0.6 is 15.9 Å². The zero-order valence-corrected chi connectivity index (χ0v) is 7.17. The number of halogens is 1. The van der Waals surface area contributed by atoms with Crippen LogP contribution in [0.2, 0.25) is 0 Å². The molecular formula is C7H5BrNO2-. The Balaban J connectivity index is 2.74. The molecular weight excluding hydrogens is 210 g/mol. The first kappa shape index (κ1) is 8.20. The van der Waals surface area contributed by atoms with Crippen molar-refractivity contribution >= 4 is 21.9 Å². The second kappa shape index (κ2) is 3.48. The number of hydrogen-bond donors (Lipinski definition) is 0. The molecule has 0 aromatic carbocycles. The van der Waals surface area contributed by atoms with E-state index in [1.165, 1.54) is 0 Å². The highest BCUT2D eigenvalue weighted by atomic mass is 79.9. The Morgan fingerprint density at radius 1 is 1.64 bits per heavy atom. The van der Waals surface area contributed by atoms with E-state index in [1.54, 1.807) is 18.3 Å². The molecule has 0 saturated heterocycles. The molecule has 3 nitrogen and oxygen atoms in total. The highest BCUT2D eigenvalue weighted by Crippen LogP contribution is 2.07. The molecule has 0 fully saturated rings. The normalized spacial score (nSPS) is 9.55. The van der Waals surface area contributed by atoms with Crippen molar-refractivity contribution in [2.45, 2.75) is 6.42 Å². The lowest BCUT2D eigenvalue weighted by Gasteiger charge is -1.99. The van der Waals surface area contributed by atoms with E-state index in [-0.39, 0.29) is 6.42 Å². The number of carbonyl (C=O) groups is 1. The number of hydrogen-bond acceptors (Lipinski definition) is 3. The molecule has 1 heterocycles. The molecule has 1 rings (SSSR count). The summed E-state index contributed by atoms with van der Waals surface area (Å²) in [6.45, 7) is 0. The third-order valence-corrected chi connectivity index (χ3v) is 1.58. The summed E-state index contributed by atoms with van der Waals surface area (Å²) in [6, 6.07) is 3.38. The fourth-order valence-corrected chi connectivity index (χ4v) is 0.893. The molecule has 0 unspecified atom stereocenters. The lowest BCUT2D eigenvalue weighted by atomic mass is 10.3. The van der Waals surface area contributed by atoms with Crippen LogP contribution in [-0.4, -0.2) is 11.0 Å². The van der Waals surface area contributed by atoms with Gasteiger partial charge in [-0.05, 0) is 28.1 Å². The molecule has 1 aromatic rings. The van der Waals surface area contributed by atoms with Crippen LogP contribution in [0.4, 0.5) is 0 Å². The summed E-state index contributed by atoms with van der Waals surface area (Å²) in [6.07, 6.45) is 1.42. The van der Waals surface area contributed by atoms with Crippen LogP contribution in [0, 0.1) is 0 Å². The number of aromatic nitrogens is 1. The Bertz CT molecular complexity index is 258.